The topological polar surface area (TPSA) is 59.0 Å². The van der Waals surface area contributed by atoms with Gasteiger partial charge in [-0.1, -0.05) is 56.3 Å². The molecule has 2 aliphatic rings. The fraction of sp³-hybridized carbons (Fsp3) is 0.633. The molecule has 1 amide bonds. The fourth-order valence-electron chi connectivity index (χ4n) is 5.43. The van der Waals surface area contributed by atoms with Gasteiger partial charge in [-0.3, -0.25) is 10.0 Å². The number of carbonyl (C=O) groups excluding carboxylic acids is 1. The van der Waals surface area contributed by atoms with Gasteiger partial charge in [0.25, 0.3) is 5.91 Å². The van der Waals surface area contributed by atoms with Crippen molar-refractivity contribution in [1.82, 2.24) is 5.06 Å². The third-order valence-electron chi connectivity index (χ3n) is 7.45. The first-order chi connectivity index (χ1) is 16.9. The van der Waals surface area contributed by atoms with Crippen LogP contribution >= 0.6 is 0 Å². The van der Waals surface area contributed by atoms with Crippen LogP contribution in [-0.2, 0) is 20.7 Å². The van der Waals surface area contributed by atoms with Crippen LogP contribution in [0.25, 0.3) is 0 Å². The molecule has 0 radical (unpaired) electrons. The summed E-state index contributed by atoms with van der Waals surface area (Å²) in [5, 5.41) is 10.1. The lowest BCUT2D eigenvalue weighted by Gasteiger charge is -2.27. The van der Waals surface area contributed by atoms with Crippen molar-refractivity contribution in [1.29, 1.82) is 0 Å². The van der Waals surface area contributed by atoms with Crippen LogP contribution in [0.1, 0.15) is 70.8 Å². The predicted molar refractivity (Wildman–Crippen MR) is 139 cm³/mol. The fourth-order valence-corrected chi connectivity index (χ4v) is 5.43. The minimum absolute atomic E-state index is 0.245. The van der Waals surface area contributed by atoms with Crippen molar-refractivity contribution in [2.24, 2.45) is 17.3 Å². The summed E-state index contributed by atoms with van der Waals surface area (Å²) in [7, 11) is 1.39. The number of fused-ring (bicyclic) bond motifs is 2. The van der Waals surface area contributed by atoms with Gasteiger partial charge in [-0.05, 0) is 62.3 Å². The van der Waals surface area contributed by atoms with Gasteiger partial charge in [-0.25, -0.2) is 5.06 Å². The number of benzene rings is 1. The average molecular weight is 482 g/mol. The van der Waals surface area contributed by atoms with Crippen LogP contribution in [0.5, 0.6) is 0 Å². The maximum atomic E-state index is 12.0. The molecule has 35 heavy (non-hydrogen) atoms. The molecule has 0 saturated carbocycles. The van der Waals surface area contributed by atoms with Crippen molar-refractivity contribution in [2.45, 2.75) is 83.8 Å². The number of rotatable bonds is 13. The van der Waals surface area contributed by atoms with E-state index >= 15 is 0 Å². The monoisotopic (exact) mass is 481 g/mol. The minimum atomic E-state index is -0.560. The number of nitrogens with zero attached hydrogens (tertiary/aromatic N) is 1. The van der Waals surface area contributed by atoms with Gasteiger partial charge in [-0.15, -0.1) is 11.8 Å². The van der Waals surface area contributed by atoms with Crippen LogP contribution in [0.15, 0.2) is 42.5 Å². The summed E-state index contributed by atoms with van der Waals surface area (Å²) in [5.41, 5.74) is 0.777. The molecule has 0 spiro atoms. The molecule has 2 saturated heterocycles. The van der Waals surface area contributed by atoms with Gasteiger partial charge in [-0.2, -0.15) is 0 Å². The summed E-state index contributed by atoms with van der Waals surface area (Å²) in [6, 6.07) is 10.5. The van der Waals surface area contributed by atoms with Crippen LogP contribution in [0.2, 0.25) is 0 Å². The van der Waals surface area contributed by atoms with Crippen molar-refractivity contribution >= 4 is 5.91 Å². The molecule has 2 aliphatic heterocycles. The number of hydrogen-bond acceptors (Lipinski definition) is 4. The molecule has 5 heteroatoms. The highest BCUT2D eigenvalue weighted by Gasteiger charge is 2.47. The molecular weight excluding hydrogens is 438 g/mol. The molecule has 5 nitrogen and oxygen atoms in total. The number of hydroxylamine groups is 2. The third-order valence-corrected chi connectivity index (χ3v) is 7.45. The van der Waals surface area contributed by atoms with E-state index in [1.165, 1.54) is 25.5 Å². The lowest BCUT2D eigenvalue weighted by atomic mass is 9.76. The van der Waals surface area contributed by atoms with Gasteiger partial charge >= 0.3 is 0 Å². The Morgan fingerprint density at radius 1 is 1.11 bits per heavy atom. The minimum Gasteiger partial charge on any atom is -0.380 e. The summed E-state index contributed by atoms with van der Waals surface area (Å²) in [4.78, 5) is 12.0. The molecular formula is C30H43NO4. The molecule has 192 valence electrons. The zero-order chi connectivity index (χ0) is 25.1. The second-order valence-electron chi connectivity index (χ2n) is 10.6. The van der Waals surface area contributed by atoms with Gasteiger partial charge in [0.15, 0.2) is 0 Å². The predicted octanol–water partition coefficient (Wildman–Crippen LogP) is 5.81. The molecule has 2 heterocycles. The summed E-state index contributed by atoms with van der Waals surface area (Å²) in [5.74, 6) is 7.38. The number of hydrogen-bond donors (Lipinski definition) is 1. The highest BCUT2D eigenvalue weighted by atomic mass is 16.5. The summed E-state index contributed by atoms with van der Waals surface area (Å²) in [6.07, 6.45) is 13.9. The second kappa shape index (κ2) is 13.8. The normalized spacial score (nSPS) is 23.4. The Bertz CT molecular complexity index is 867. The highest BCUT2D eigenvalue weighted by Crippen LogP contribution is 2.46. The first-order valence-electron chi connectivity index (χ1n) is 13.2. The summed E-state index contributed by atoms with van der Waals surface area (Å²) < 4.78 is 12.1. The van der Waals surface area contributed by atoms with Gasteiger partial charge < -0.3 is 9.47 Å². The Morgan fingerprint density at radius 2 is 1.83 bits per heavy atom. The quantitative estimate of drug-likeness (QED) is 0.127. The number of amides is 1. The van der Waals surface area contributed by atoms with Crippen molar-refractivity contribution < 1.29 is 19.5 Å². The molecule has 2 fully saturated rings. The van der Waals surface area contributed by atoms with E-state index in [-0.39, 0.29) is 5.91 Å². The Hall–Kier alpha value is -2.13. The molecule has 2 bridgehead atoms. The smallest absolute Gasteiger partial charge is 0.251 e. The number of allylic oxidation sites excluding steroid dienone is 2. The zero-order valence-electron chi connectivity index (χ0n) is 21.7. The Balaban J connectivity index is 1.31. The van der Waals surface area contributed by atoms with Crippen LogP contribution in [0, 0.1) is 29.1 Å². The van der Waals surface area contributed by atoms with Crippen molar-refractivity contribution in [2.75, 3.05) is 20.3 Å². The lowest BCUT2D eigenvalue weighted by molar-refractivity contribution is -0.169. The molecule has 0 aromatic heterocycles. The van der Waals surface area contributed by atoms with Crippen molar-refractivity contribution in [3.63, 3.8) is 0 Å². The maximum absolute atomic E-state index is 12.0. The van der Waals surface area contributed by atoms with Crippen molar-refractivity contribution in [3.8, 4) is 11.8 Å². The highest BCUT2D eigenvalue weighted by molar-refractivity contribution is 5.80. The maximum Gasteiger partial charge on any atom is 0.251 e. The first kappa shape index (κ1) is 27.5. The van der Waals surface area contributed by atoms with E-state index in [0.29, 0.717) is 42.1 Å². The van der Waals surface area contributed by atoms with E-state index in [1.54, 1.807) is 0 Å². The Kier molecular flexibility index (Phi) is 10.8. The van der Waals surface area contributed by atoms with Crippen molar-refractivity contribution in [3.05, 3.63) is 48.0 Å². The van der Waals surface area contributed by atoms with Crippen LogP contribution < -0.4 is 0 Å². The average Bonchev–Trinajstić information content (AvgIpc) is 3.45. The summed E-state index contributed by atoms with van der Waals surface area (Å²) >= 11 is 0. The van der Waals surface area contributed by atoms with Gasteiger partial charge in [0.05, 0.1) is 18.8 Å². The van der Waals surface area contributed by atoms with E-state index in [2.05, 4.69) is 48.3 Å². The van der Waals surface area contributed by atoms with Crippen LogP contribution in [0.3, 0.4) is 0 Å². The van der Waals surface area contributed by atoms with Crippen LogP contribution in [0.4, 0.5) is 0 Å². The molecule has 1 N–H and O–H groups in total. The molecule has 1 aromatic rings. The Labute approximate surface area is 211 Å². The largest absolute Gasteiger partial charge is 0.380 e. The number of aryl methyl sites for hydroxylation is 1. The summed E-state index contributed by atoms with van der Waals surface area (Å²) in [6.45, 7) is 5.23. The van der Waals surface area contributed by atoms with E-state index < -0.39 is 5.41 Å². The molecule has 4 atom stereocenters. The molecule has 0 unspecified atom stereocenters. The SMILES string of the molecule is CN(O)C(=O)C(C)(C)CC/C=C\C[C@H]1[C@@H](CCOCCC#CCCc2ccccc2)[C@H]2CC[C@@H]1O2. The van der Waals surface area contributed by atoms with E-state index in [1.807, 2.05) is 19.9 Å². The lowest BCUT2D eigenvalue weighted by Crippen LogP contribution is -2.36. The van der Waals surface area contributed by atoms with E-state index in [0.717, 1.165) is 45.1 Å². The van der Waals surface area contributed by atoms with Gasteiger partial charge in [0.1, 0.15) is 0 Å². The molecule has 3 rings (SSSR count). The van der Waals surface area contributed by atoms with Gasteiger partial charge in [0, 0.05) is 31.9 Å². The first-order valence-corrected chi connectivity index (χ1v) is 13.2. The van der Waals surface area contributed by atoms with E-state index in [4.69, 9.17) is 9.47 Å². The number of ether oxygens (including phenoxy) is 2. The second-order valence-corrected chi connectivity index (χ2v) is 10.6. The standard InChI is InChI=1S/C30H43NO4/c1-30(2,29(32)31(3)33)21-12-7-11-17-25-26(28-19-18-27(25)35-28)20-23-34-22-13-5-4-8-14-24-15-9-6-10-16-24/h6-7,9-11,15-16,25-28,33H,8,12-14,17-23H2,1-3H3/b11-7-/t25-,26+,27-,28+/m0/s1. The van der Waals surface area contributed by atoms with Gasteiger partial charge in [0.2, 0.25) is 0 Å². The third kappa shape index (κ3) is 8.49. The number of carbonyl (C=O) groups is 1. The molecule has 1 aromatic carbocycles. The zero-order valence-corrected chi connectivity index (χ0v) is 21.7. The van der Waals surface area contributed by atoms with E-state index in [9.17, 15) is 10.0 Å². The van der Waals surface area contributed by atoms with Crippen LogP contribution in [-0.4, -0.2) is 48.6 Å². The molecule has 0 aliphatic carbocycles. The Morgan fingerprint density at radius 3 is 2.57 bits per heavy atom.